The summed E-state index contributed by atoms with van der Waals surface area (Å²) < 4.78 is 11.0. The second-order valence-corrected chi connectivity index (χ2v) is 9.07. The second kappa shape index (κ2) is 11.7. The summed E-state index contributed by atoms with van der Waals surface area (Å²) in [6, 6.07) is 16.1. The minimum atomic E-state index is -1.23. The molecule has 0 aromatic heterocycles. The molecule has 1 aliphatic heterocycles. The molecule has 34 heavy (non-hydrogen) atoms. The van der Waals surface area contributed by atoms with E-state index in [9.17, 15) is 19.6 Å². The molecule has 2 atom stereocenters. The summed E-state index contributed by atoms with van der Waals surface area (Å²) in [5.74, 6) is -3.08. The standard InChI is InChI=1S/C24H22BrN3O5S/c1-3-33-17-9-7-16(8-10-17)27-19(29)13-34-23-18(12-26)20(14-5-4-6-15(25)11-14)21(22(30)28-23)24(31)32-2/h4-11,20-21H,3,13H2,1-2H3,(H,27,29)(H,28,30)/t20-,21-/m0/s1. The van der Waals surface area contributed by atoms with Crippen LogP contribution in [0.25, 0.3) is 0 Å². The number of halogens is 1. The number of nitrogens with one attached hydrogen (secondary N) is 2. The third-order valence-electron chi connectivity index (χ3n) is 4.99. The molecule has 2 aromatic carbocycles. The fourth-order valence-electron chi connectivity index (χ4n) is 3.52. The van der Waals surface area contributed by atoms with Crippen molar-refractivity contribution in [3.05, 3.63) is 69.2 Å². The summed E-state index contributed by atoms with van der Waals surface area (Å²) >= 11 is 4.41. The number of allylic oxidation sites excluding steroid dienone is 1. The van der Waals surface area contributed by atoms with Crippen LogP contribution in [0.3, 0.4) is 0 Å². The molecule has 0 bridgehead atoms. The van der Waals surface area contributed by atoms with Gasteiger partial charge in [-0.15, -0.1) is 0 Å². The van der Waals surface area contributed by atoms with Gasteiger partial charge in [0, 0.05) is 16.1 Å². The number of hydrogen-bond donors (Lipinski definition) is 2. The lowest BCUT2D eigenvalue weighted by molar-refractivity contribution is -0.150. The van der Waals surface area contributed by atoms with Gasteiger partial charge in [-0.3, -0.25) is 14.4 Å². The molecule has 3 rings (SSSR count). The molecule has 2 N–H and O–H groups in total. The molecule has 1 aliphatic rings. The Balaban J connectivity index is 1.82. The summed E-state index contributed by atoms with van der Waals surface area (Å²) in [5, 5.41) is 15.6. The van der Waals surface area contributed by atoms with Crippen LogP contribution in [0.5, 0.6) is 5.75 Å². The van der Waals surface area contributed by atoms with Crippen molar-refractivity contribution in [1.29, 1.82) is 5.26 Å². The average molecular weight is 544 g/mol. The van der Waals surface area contributed by atoms with Gasteiger partial charge in [-0.2, -0.15) is 5.26 Å². The summed E-state index contributed by atoms with van der Waals surface area (Å²) in [6.45, 7) is 2.43. The number of rotatable bonds is 8. The number of ether oxygens (including phenoxy) is 2. The van der Waals surface area contributed by atoms with Crippen LogP contribution in [0.2, 0.25) is 0 Å². The maximum atomic E-state index is 12.9. The molecular formula is C24H22BrN3O5S. The lowest BCUT2D eigenvalue weighted by Crippen LogP contribution is -2.44. The molecule has 0 unspecified atom stereocenters. The van der Waals surface area contributed by atoms with E-state index in [2.05, 4.69) is 32.6 Å². The van der Waals surface area contributed by atoms with Gasteiger partial charge in [0.25, 0.3) is 0 Å². The second-order valence-electron chi connectivity index (χ2n) is 7.17. The first-order chi connectivity index (χ1) is 16.4. The van der Waals surface area contributed by atoms with Gasteiger partial charge >= 0.3 is 5.97 Å². The number of benzene rings is 2. The van der Waals surface area contributed by atoms with Crippen molar-refractivity contribution in [2.45, 2.75) is 12.8 Å². The summed E-state index contributed by atoms with van der Waals surface area (Å²) in [7, 11) is 1.19. The molecule has 1 heterocycles. The molecule has 0 saturated heterocycles. The number of hydrogen-bond acceptors (Lipinski definition) is 7. The fraction of sp³-hybridized carbons (Fsp3) is 0.250. The number of thioether (sulfide) groups is 1. The summed E-state index contributed by atoms with van der Waals surface area (Å²) in [6.07, 6.45) is 0. The van der Waals surface area contributed by atoms with Crippen LogP contribution in [0, 0.1) is 17.2 Å². The van der Waals surface area contributed by atoms with Crippen molar-refractivity contribution < 1.29 is 23.9 Å². The highest BCUT2D eigenvalue weighted by molar-refractivity contribution is 9.10. The molecule has 8 nitrogen and oxygen atoms in total. The number of nitrogens with zero attached hydrogens (tertiary/aromatic N) is 1. The minimum Gasteiger partial charge on any atom is -0.494 e. The van der Waals surface area contributed by atoms with Crippen molar-refractivity contribution in [1.82, 2.24) is 5.32 Å². The predicted molar refractivity (Wildman–Crippen MR) is 132 cm³/mol. The predicted octanol–water partition coefficient (Wildman–Crippen LogP) is 3.96. The van der Waals surface area contributed by atoms with E-state index in [1.807, 2.05) is 6.92 Å². The minimum absolute atomic E-state index is 0.0535. The van der Waals surface area contributed by atoms with Crippen LogP contribution in [0.15, 0.2) is 63.6 Å². The average Bonchev–Trinajstić information content (AvgIpc) is 2.83. The number of nitriles is 1. The molecule has 2 amide bonds. The molecular weight excluding hydrogens is 522 g/mol. The van der Waals surface area contributed by atoms with Gasteiger partial charge in [0.2, 0.25) is 11.8 Å². The number of esters is 1. The van der Waals surface area contributed by atoms with Gasteiger partial charge in [-0.05, 0) is 48.9 Å². The third-order valence-corrected chi connectivity index (χ3v) is 6.50. The fourth-order valence-corrected chi connectivity index (χ4v) is 4.78. The van der Waals surface area contributed by atoms with Gasteiger partial charge in [0.05, 0.1) is 36.1 Å². The highest BCUT2D eigenvalue weighted by atomic mass is 79.9. The highest BCUT2D eigenvalue weighted by Crippen LogP contribution is 2.40. The van der Waals surface area contributed by atoms with E-state index in [0.29, 0.717) is 23.6 Å². The normalized spacial score (nSPS) is 17.4. The Labute approximate surface area is 209 Å². The Bertz CT molecular complexity index is 1160. The van der Waals surface area contributed by atoms with E-state index in [1.165, 1.54) is 7.11 Å². The van der Waals surface area contributed by atoms with Crippen LogP contribution in [0.4, 0.5) is 5.69 Å². The molecule has 176 valence electrons. The zero-order chi connectivity index (χ0) is 24.7. The molecule has 2 aromatic rings. The van der Waals surface area contributed by atoms with Crippen LogP contribution in [-0.2, 0) is 19.1 Å². The maximum Gasteiger partial charge on any atom is 0.319 e. The Hall–Kier alpha value is -3.29. The van der Waals surface area contributed by atoms with Crippen molar-refractivity contribution >= 4 is 51.2 Å². The number of carbonyl (C=O) groups is 3. The van der Waals surface area contributed by atoms with Crippen molar-refractivity contribution in [2.24, 2.45) is 5.92 Å². The zero-order valence-electron chi connectivity index (χ0n) is 18.5. The van der Waals surface area contributed by atoms with Gasteiger partial charge in [0.1, 0.15) is 11.7 Å². The van der Waals surface area contributed by atoms with Crippen molar-refractivity contribution in [3.8, 4) is 11.8 Å². The van der Waals surface area contributed by atoms with E-state index in [0.717, 1.165) is 16.2 Å². The zero-order valence-corrected chi connectivity index (χ0v) is 20.9. The quantitative estimate of drug-likeness (QED) is 0.382. The van der Waals surface area contributed by atoms with Gasteiger partial charge in [-0.25, -0.2) is 0 Å². The van der Waals surface area contributed by atoms with E-state index in [-0.39, 0.29) is 22.3 Å². The topological polar surface area (TPSA) is 118 Å². The largest absolute Gasteiger partial charge is 0.494 e. The molecule has 0 saturated carbocycles. The molecule has 0 aliphatic carbocycles. The van der Waals surface area contributed by atoms with Crippen LogP contribution >= 0.6 is 27.7 Å². The first kappa shape index (κ1) is 25.3. The summed E-state index contributed by atoms with van der Waals surface area (Å²) in [4.78, 5) is 37.8. The van der Waals surface area contributed by atoms with Gasteiger partial charge in [-0.1, -0.05) is 39.8 Å². The third kappa shape index (κ3) is 5.98. The molecule has 0 radical (unpaired) electrons. The first-order valence-corrected chi connectivity index (χ1v) is 12.1. The maximum absolute atomic E-state index is 12.9. The molecule has 0 fully saturated rings. The van der Waals surface area contributed by atoms with E-state index >= 15 is 0 Å². The highest BCUT2D eigenvalue weighted by Gasteiger charge is 2.44. The van der Waals surface area contributed by atoms with E-state index in [4.69, 9.17) is 9.47 Å². The van der Waals surface area contributed by atoms with Crippen LogP contribution in [0.1, 0.15) is 18.4 Å². The Morgan fingerprint density at radius 1 is 1.24 bits per heavy atom. The van der Waals surface area contributed by atoms with E-state index in [1.54, 1.807) is 48.5 Å². The van der Waals surface area contributed by atoms with Crippen molar-refractivity contribution in [3.63, 3.8) is 0 Å². The van der Waals surface area contributed by atoms with E-state index < -0.39 is 23.7 Å². The molecule has 10 heteroatoms. The SMILES string of the molecule is CCOc1ccc(NC(=O)CSC2=C(C#N)[C@H](c3cccc(Br)c3)[C@H](C(=O)OC)C(=O)N2)cc1. The first-order valence-electron chi connectivity index (χ1n) is 10.3. The van der Waals surface area contributed by atoms with Gasteiger partial charge in [0.15, 0.2) is 0 Å². The van der Waals surface area contributed by atoms with Crippen LogP contribution < -0.4 is 15.4 Å². The Morgan fingerprint density at radius 2 is 1.97 bits per heavy atom. The number of methoxy groups -OCH3 is 1. The van der Waals surface area contributed by atoms with Gasteiger partial charge < -0.3 is 20.1 Å². The van der Waals surface area contributed by atoms with Crippen LogP contribution in [-0.4, -0.2) is 37.3 Å². The number of anilines is 1. The summed E-state index contributed by atoms with van der Waals surface area (Å²) in [5.41, 5.74) is 1.38. The monoisotopic (exact) mass is 543 g/mol. The number of carbonyl (C=O) groups excluding carboxylic acids is 3. The van der Waals surface area contributed by atoms with Crippen molar-refractivity contribution in [2.75, 3.05) is 24.8 Å². The Kier molecular flexibility index (Phi) is 8.73. The lowest BCUT2D eigenvalue weighted by atomic mass is 9.78. The lowest BCUT2D eigenvalue weighted by Gasteiger charge is -2.31. The smallest absolute Gasteiger partial charge is 0.319 e. The molecule has 0 spiro atoms. The Morgan fingerprint density at radius 3 is 2.59 bits per heavy atom. The number of amides is 2.